The Balaban J connectivity index is 1.43. The van der Waals surface area contributed by atoms with Crippen LogP contribution in [-0.4, -0.2) is 26.5 Å². The normalized spacial score (nSPS) is 22.2. The Labute approximate surface area is 240 Å². The zero-order chi connectivity index (χ0) is 28.2. The monoisotopic (exact) mass is 559 g/mol. The molecule has 0 amide bonds. The van der Waals surface area contributed by atoms with Gasteiger partial charge in [-0.3, -0.25) is 4.98 Å². The Morgan fingerprint density at radius 1 is 1.18 bits per heavy atom. The molecule has 1 N–H and O–H groups in total. The number of nitrogens with zero attached hydrogens (tertiary/aromatic N) is 5. The van der Waals surface area contributed by atoms with Crippen molar-refractivity contribution in [3.63, 3.8) is 0 Å². The minimum absolute atomic E-state index is 0.000509. The SMILES string of the molecule is [2H][C@@](Cc1cc(Cl)c2ncc(C#N)c(NCC(C)(C)C)c2c1)(c1ccc(Cl)cc1)c1cn(C2C3CCCC32)nn1. The van der Waals surface area contributed by atoms with Gasteiger partial charge in [-0.25, -0.2) is 4.68 Å². The standard InChI is InChI=1S/C31H32Cl2N6/c1-31(2,3)17-36-28-20(14-34)15-35-29-25(28)12-18(13-26(29)33)11-24(19-7-9-21(32)10-8-19)27-16-39(38-37-27)30-22-5-4-6-23(22)30/h7-10,12-13,15-16,22-24,30H,4-6,11,17H2,1-3H3,(H,35,36)/t22?,23?,24-,30?/m1/s1/i24D. The predicted octanol–water partition coefficient (Wildman–Crippen LogP) is 7.81. The maximum Gasteiger partial charge on any atom is 0.103 e. The highest BCUT2D eigenvalue weighted by molar-refractivity contribution is 6.35. The number of hydrogen-bond acceptors (Lipinski definition) is 5. The van der Waals surface area contributed by atoms with Crippen molar-refractivity contribution < 1.29 is 1.37 Å². The van der Waals surface area contributed by atoms with Crippen molar-refractivity contribution in [1.82, 2.24) is 20.0 Å². The fourth-order valence-electron chi connectivity index (χ4n) is 5.98. The lowest BCUT2D eigenvalue weighted by atomic mass is 9.89. The van der Waals surface area contributed by atoms with Crippen molar-refractivity contribution in [2.45, 2.75) is 58.4 Å². The summed E-state index contributed by atoms with van der Waals surface area (Å²) in [6.07, 6.45) is 7.60. The predicted molar refractivity (Wildman–Crippen MR) is 156 cm³/mol. The van der Waals surface area contributed by atoms with Gasteiger partial charge >= 0.3 is 0 Å². The number of pyridine rings is 1. The van der Waals surface area contributed by atoms with E-state index in [4.69, 9.17) is 23.2 Å². The molecule has 200 valence electrons. The topological polar surface area (TPSA) is 79.4 Å². The lowest BCUT2D eigenvalue weighted by Gasteiger charge is -2.22. The number of nitrogens with one attached hydrogen (secondary N) is 1. The van der Waals surface area contributed by atoms with Crippen LogP contribution < -0.4 is 5.32 Å². The maximum atomic E-state index is 9.84. The van der Waals surface area contributed by atoms with Gasteiger partial charge in [0.2, 0.25) is 0 Å². The summed E-state index contributed by atoms with van der Waals surface area (Å²) >= 11 is 13.0. The summed E-state index contributed by atoms with van der Waals surface area (Å²) in [6.45, 7) is 7.07. The summed E-state index contributed by atoms with van der Waals surface area (Å²) in [6, 6.07) is 13.9. The first-order valence-corrected chi connectivity index (χ1v) is 14.3. The second-order valence-corrected chi connectivity index (χ2v) is 12.9. The molecule has 2 saturated carbocycles. The zero-order valence-corrected chi connectivity index (χ0v) is 23.9. The van der Waals surface area contributed by atoms with E-state index in [-0.39, 0.29) is 5.41 Å². The zero-order valence-electron chi connectivity index (χ0n) is 23.4. The van der Waals surface area contributed by atoms with Gasteiger partial charge < -0.3 is 5.32 Å². The van der Waals surface area contributed by atoms with Gasteiger partial charge in [-0.2, -0.15) is 5.26 Å². The largest absolute Gasteiger partial charge is 0.383 e. The summed E-state index contributed by atoms with van der Waals surface area (Å²) in [4.78, 5) is 4.50. The number of halogens is 2. The molecule has 39 heavy (non-hydrogen) atoms. The molecular formula is C31H32Cl2N6. The average molecular weight is 561 g/mol. The Bertz CT molecular complexity index is 1610. The Hall–Kier alpha value is -3.14. The molecule has 3 atom stereocenters. The third-order valence-corrected chi connectivity index (χ3v) is 8.50. The van der Waals surface area contributed by atoms with Gasteiger partial charge in [-0.15, -0.1) is 5.10 Å². The first-order chi connectivity index (χ1) is 19.1. The molecule has 8 heteroatoms. The Morgan fingerprint density at radius 2 is 1.92 bits per heavy atom. The number of hydrogen-bond donors (Lipinski definition) is 1. The van der Waals surface area contributed by atoms with E-state index in [1.807, 2.05) is 35.1 Å². The van der Waals surface area contributed by atoms with E-state index in [1.165, 1.54) is 19.3 Å². The molecule has 0 radical (unpaired) electrons. The summed E-state index contributed by atoms with van der Waals surface area (Å²) in [7, 11) is 0. The van der Waals surface area contributed by atoms with Crippen LogP contribution >= 0.6 is 23.2 Å². The third-order valence-electron chi connectivity index (χ3n) is 7.96. The van der Waals surface area contributed by atoms with Crippen molar-refractivity contribution in [3.8, 4) is 6.07 Å². The van der Waals surface area contributed by atoms with Crippen LogP contribution in [-0.2, 0) is 6.42 Å². The van der Waals surface area contributed by atoms with Gasteiger partial charge in [0.1, 0.15) is 6.07 Å². The molecule has 2 aromatic heterocycles. The average Bonchev–Trinajstić information content (AvgIpc) is 3.26. The molecule has 0 bridgehead atoms. The van der Waals surface area contributed by atoms with E-state index in [1.54, 1.807) is 18.3 Å². The second kappa shape index (κ2) is 10.1. The van der Waals surface area contributed by atoms with E-state index in [0.29, 0.717) is 63.3 Å². The highest BCUT2D eigenvalue weighted by atomic mass is 35.5. The van der Waals surface area contributed by atoms with Gasteiger partial charge in [0.15, 0.2) is 0 Å². The highest BCUT2D eigenvalue weighted by Gasteiger charge is 2.54. The van der Waals surface area contributed by atoms with Crippen molar-refractivity contribution in [1.29, 1.82) is 5.26 Å². The number of nitriles is 1. The molecule has 2 aliphatic rings. The van der Waals surface area contributed by atoms with Crippen LogP contribution in [0.2, 0.25) is 10.0 Å². The lowest BCUT2D eigenvalue weighted by Crippen LogP contribution is -2.19. The van der Waals surface area contributed by atoms with Crippen LogP contribution in [0.5, 0.6) is 0 Å². The first kappa shape index (κ1) is 24.9. The summed E-state index contributed by atoms with van der Waals surface area (Å²) in [5.41, 5.74) is 3.99. The Kier molecular flexibility index (Phi) is 6.45. The van der Waals surface area contributed by atoms with Gasteiger partial charge in [0.05, 0.1) is 33.5 Å². The van der Waals surface area contributed by atoms with Crippen molar-refractivity contribution in [2.24, 2.45) is 17.3 Å². The summed E-state index contributed by atoms with van der Waals surface area (Å²) < 4.78 is 11.8. The molecule has 0 spiro atoms. The van der Waals surface area contributed by atoms with Crippen molar-refractivity contribution in [2.75, 3.05) is 11.9 Å². The maximum absolute atomic E-state index is 9.84. The number of anilines is 1. The minimum Gasteiger partial charge on any atom is -0.383 e. The van der Waals surface area contributed by atoms with Crippen LogP contribution in [0.25, 0.3) is 10.9 Å². The number of rotatable bonds is 7. The second-order valence-electron chi connectivity index (χ2n) is 12.0. The first-order valence-electron chi connectivity index (χ1n) is 14.0. The minimum atomic E-state index is -1.23. The van der Waals surface area contributed by atoms with Crippen LogP contribution in [0, 0.1) is 28.6 Å². The third kappa shape index (κ3) is 5.23. The van der Waals surface area contributed by atoms with E-state index in [9.17, 15) is 6.63 Å². The molecular weight excluding hydrogens is 527 g/mol. The van der Waals surface area contributed by atoms with Crippen LogP contribution in [0.1, 0.15) is 75.7 Å². The smallest absolute Gasteiger partial charge is 0.103 e. The van der Waals surface area contributed by atoms with Gasteiger partial charge in [0, 0.05) is 36.6 Å². The molecule has 2 aromatic carbocycles. The van der Waals surface area contributed by atoms with Gasteiger partial charge in [-0.1, -0.05) is 67.7 Å². The quantitative estimate of drug-likeness (QED) is 0.249. The Morgan fingerprint density at radius 3 is 2.62 bits per heavy atom. The summed E-state index contributed by atoms with van der Waals surface area (Å²) in [5.74, 6) is 0.138. The number of benzene rings is 2. The van der Waals surface area contributed by atoms with Crippen LogP contribution in [0.15, 0.2) is 48.8 Å². The van der Waals surface area contributed by atoms with E-state index in [2.05, 4.69) is 47.5 Å². The van der Waals surface area contributed by atoms with Gasteiger partial charge in [-0.05, 0) is 71.9 Å². The number of aromatic nitrogens is 4. The fourth-order valence-corrected chi connectivity index (χ4v) is 6.40. The van der Waals surface area contributed by atoms with Crippen molar-refractivity contribution >= 4 is 39.8 Å². The molecule has 6 nitrogen and oxygen atoms in total. The van der Waals surface area contributed by atoms with E-state index >= 15 is 0 Å². The molecule has 0 saturated heterocycles. The molecule has 0 aliphatic heterocycles. The molecule has 4 aromatic rings. The molecule has 2 heterocycles. The molecule has 6 rings (SSSR count). The van der Waals surface area contributed by atoms with Crippen LogP contribution in [0.3, 0.4) is 0 Å². The van der Waals surface area contributed by atoms with E-state index < -0.39 is 5.89 Å². The molecule has 2 unspecified atom stereocenters. The molecule has 2 aliphatic carbocycles. The van der Waals surface area contributed by atoms with E-state index in [0.717, 1.165) is 16.5 Å². The highest BCUT2D eigenvalue weighted by Crippen LogP contribution is 2.60. The fraction of sp³-hybridized carbons (Fsp3) is 0.419. The lowest BCUT2D eigenvalue weighted by molar-refractivity contribution is 0.443. The van der Waals surface area contributed by atoms with Crippen molar-refractivity contribution in [3.05, 3.63) is 81.2 Å². The molecule has 2 fully saturated rings. The van der Waals surface area contributed by atoms with Crippen LogP contribution in [0.4, 0.5) is 5.69 Å². The van der Waals surface area contributed by atoms with Gasteiger partial charge in [0.25, 0.3) is 0 Å². The number of fused-ring (bicyclic) bond motifs is 2. The summed E-state index contributed by atoms with van der Waals surface area (Å²) in [5, 5.41) is 24.2.